The van der Waals surface area contributed by atoms with Crippen LogP contribution in [0.25, 0.3) is 12.2 Å². The number of esters is 1. The number of benzene rings is 3. The summed E-state index contributed by atoms with van der Waals surface area (Å²) in [5.41, 5.74) is 1.72. The maximum atomic E-state index is 14.4. The molecular formula is C32H19F17O2. The molecular weight excluding hydrogens is 739 g/mol. The van der Waals surface area contributed by atoms with Crippen molar-refractivity contribution in [2.24, 2.45) is 0 Å². The molecule has 1 aliphatic rings. The second kappa shape index (κ2) is 12.7. The molecule has 278 valence electrons. The molecule has 0 amide bonds. The zero-order chi connectivity index (χ0) is 38.6. The molecule has 0 saturated heterocycles. The number of carbonyl (C=O) groups excluding carboxylic acids is 1. The third-order valence-corrected chi connectivity index (χ3v) is 7.93. The second-order valence-corrected chi connectivity index (χ2v) is 11.2. The zero-order valence-corrected chi connectivity index (χ0v) is 24.8. The number of alkyl halides is 17. The largest absolute Gasteiger partial charge is 0.460 e. The zero-order valence-electron chi connectivity index (χ0n) is 24.8. The molecule has 3 aromatic carbocycles. The van der Waals surface area contributed by atoms with Crippen LogP contribution in [-0.2, 0) is 11.2 Å². The summed E-state index contributed by atoms with van der Waals surface area (Å²) >= 11 is 0. The van der Waals surface area contributed by atoms with Crippen molar-refractivity contribution in [3.05, 3.63) is 106 Å². The first-order chi connectivity index (χ1) is 23.2. The Bertz CT molecular complexity index is 1730. The summed E-state index contributed by atoms with van der Waals surface area (Å²) in [6.45, 7) is 0. The van der Waals surface area contributed by atoms with Crippen LogP contribution in [0.1, 0.15) is 50.7 Å². The number of halogens is 17. The Labute approximate surface area is 275 Å². The van der Waals surface area contributed by atoms with Crippen LogP contribution in [0.5, 0.6) is 0 Å². The molecule has 51 heavy (non-hydrogen) atoms. The van der Waals surface area contributed by atoms with E-state index in [4.69, 9.17) is 4.74 Å². The van der Waals surface area contributed by atoms with Crippen LogP contribution >= 0.6 is 0 Å². The molecule has 4 rings (SSSR count). The Morgan fingerprint density at radius 1 is 0.510 bits per heavy atom. The quantitative estimate of drug-likeness (QED) is 0.144. The first-order valence-corrected chi connectivity index (χ1v) is 14.0. The van der Waals surface area contributed by atoms with Crippen LogP contribution in [0.2, 0.25) is 0 Å². The number of ether oxygens (including phenoxy) is 1. The van der Waals surface area contributed by atoms with E-state index in [2.05, 4.69) is 0 Å². The van der Waals surface area contributed by atoms with Crippen molar-refractivity contribution in [1.29, 1.82) is 0 Å². The summed E-state index contributed by atoms with van der Waals surface area (Å²) in [4.78, 5) is 13.0. The van der Waals surface area contributed by atoms with Crippen LogP contribution in [0, 0.1) is 0 Å². The Morgan fingerprint density at radius 2 is 0.902 bits per heavy atom. The molecule has 0 atom stereocenters. The number of hydrogen-bond acceptors (Lipinski definition) is 2. The first kappa shape index (κ1) is 39.5. The van der Waals surface area contributed by atoms with Gasteiger partial charge in [0.15, 0.2) is 6.10 Å². The number of hydrogen-bond donors (Lipinski definition) is 0. The highest BCUT2D eigenvalue weighted by molar-refractivity contribution is 5.90. The molecule has 0 radical (unpaired) electrons. The average Bonchev–Trinajstić information content (AvgIpc) is 3.20. The van der Waals surface area contributed by atoms with Crippen molar-refractivity contribution in [2.45, 2.75) is 66.6 Å². The molecule has 0 bridgehead atoms. The van der Waals surface area contributed by atoms with E-state index in [0.29, 0.717) is 22.3 Å². The van der Waals surface area contributed by atoms with E-state index in [9.17, 15) is 79.4 Å². The van der Waals surface area contributed by atoms with Gasteiger partial charge in [-0.1, -0.05) is 72.8 Å². The van der Waals surface area contributed by atoms with E-state index in [1.165, 1.54) is 0 Å². The van der Waals surface area contributed by atoms with Crippen molar-refractivity contribution < 1.29 is 84.2 Å². The average molecular weight is 758 g/mol. The Morgan fingerprint density at radius 3 is 1.33 bits per heavy atom. The van der Waals surface area contributed by atoms with Gasteiger partial charge in [-0.25, -0.2) is 4.79 Å². The molecule has 0 unspecified atom stereocenters. The Balaban J connectivity index is 1.52. The van der Waals surface area contributed by atoms with Crippen molar-refractivity contribution >= 4 is 18.1 Å². The SMILES string of the molecule is O=C(OC1c2ccccc2C=Cc2ccccc21)c1ccc(CCC(F)(F)C(F)(F)C(F)(F)C(F)(F)C(F)(F)C(F)(F)C(F)(F)C(F)(F)F)cc1. The fourth-order valence-corrected chi connectivity index (χ4v) is 4.91. The fourth-order valence-electron chi connectivity index (χ4n) is 4.91. The normalized spacial score (nSPS) is 15.2. The van der Waals surface area contributed by atoms with Gasteiger partial charge in [-0.2, -0.15) is 74.6 Å². The summed E-state index contributed by atoms with van der Waals surface area (Å²) in [6, 6.07) is 17.0. The Hall–Kier alpha value is -4.32. The number of fused-ring (bicyclic) bond motifs is 2. The molecule has 0 saturated carbocycles. The molecule has 19 heteroatoms. The van der Waals surface area contributed by atoms with Crippen molar-refractivity contribution in [2.75, 3.05) is 0 Å². The third-order valence-electron chi connectivity index (χ3n) is 7.93. The van der Waals surface area contributed by atoms with Crippen LogP contribution in [-0.4, -0.2) is 53.6 Å². The van der Waals surface area contributed by atoms with E-state index in [-0.39, 0.29) is 5.56 Å². The monoisotopic (exact) mass is 758 g/mol. The molecule has 0 spiro atoms. The lowest BCUT2D eigenvalue weighted by Crippen LogP contribution is -2.74. The topological polar surface area (TPSA) is 26.3 Å². The lowest BCUT2D eigenvalue weighted by Gasteiger charge is -2.42. The van der Waals surface area contributed by atoms with Crippen LogP contribution in [0.3, 0.4) is 0 Å². The minimum absolute atomic E-state index is 0.270. The van der Waals surface area contributed by atoms with Gasteiger partial charge >= 0.3 is 53.6 Å². The minimum Gasteiger partial charge on any atom is -0.449 e. The van der Waals surface area contributed by atoms with Gasteiger partial charge in [0.1, 0.15) is 0 Å². The molecule has 0 aliphatic heterocycles. The van der Waals surface area contributed by atoms with Crippen molar-refractivity contribution in [3.63, 3.8) is 0 Å². The highest BCUT2D eigenvalue weighted by Gasteiger charge is 2.95. The van der Waals surface area contributed by atoms with Crippen LogP contribution < -0.4 is 0 Å². The van der Waals surface area contributed by atoms with Crippen molar-refractivity contribution in [1.82, 2.24) is 0 Å². The van der Waals surface area contributed by atoms with E-state index < -0.39 is 78.1 Å². The molecule has 0 N–H and O–H groups in total. The van der Waals surface area contributed by atoms with Gasteiger partial charge in [0.2, 0.25) is 0 Å². The number of carbonyl (C=O) groups is 1. The smallest absolute Gasteiger partial charge is 0.449 e. The third kappa shape index (κ3) is 6.29. The summed E-state index contributed by atoms with van der Waals surface area (Å²) in [5, 5.41) is 0. The molecule has 0 fully saturated rings. The lowest BCUT2D eigenvalue weighted by atomic mass is 9.87. The van der Waals surface area contributed by atoms with Gasteiger partial charge in [-0.15, -0.1) is 0 Å². The molecule has 2 nitrogen and oxygen atoms in total. The minimum atomic E-state index is -8.68. The van der Waals surface area contributed by atoms with E-state index in [1.54, 1.807) is 60.7 Å². The highest BCUT2D eigenvalue weighted by atomic mass is 19.4. The predicted octanol–water partition coefficient (Wildman–Crippen LogP) is 11.1. The molecule has 3 aromatic rings. The first-order valence-electron chi connectivity index (χ1n) is 14.0. The maximum absolute atomic E-state index is 14.4. The summed E-state index contributed by atoms with van der Waals surface area (Å²) in [6.07, 6.45) is -9.34. The van der Waals surface area contributed by atoms with Crippen LogP contribution in [0.4, 0.5) is 74.6 Å². The van der Waals surface area contributed by atoms with E-state index >= 15 is 0 Å². The molecule has 0 heterocycles. The molecule has 1 aliphatic carbocycles. The number of rotatable bonds is 11. The maximum Gasteiger partial charge on any atom is 0.460 e. The highest BCUT2D eigenvalue weighted by Crippen LogP contribution is 2.64. The predicted molar refractivity (Wildman–Crippen MR) is 145 cm³/mol. The van der Waals surface area contributed by atoms with Gasteiger partial charge in [-0.05, 0) is 35.2 Å². The second-order valence-electron chi connectivity index (χ2n) is 11.2. The van der Waals surface area contributed by atoms with Gasteiger partial charge in [0.05, 0.1) is 5.56 Å². The summed E-state index contributed by atoms with van der Waals surface area (Å²) in [7, 11) is 0. The van der Waals surface area contributed by atoms with E-state index in [1.807, 2.05) is 0 Å². The van der Waals surface area contributed by atoms with Gasteiger partial charge < -0.3 is 4.74 Å². The lowest BCUT2D eigenvalue weighted by molar-refractivity contribution is -0.461. The van der Waals surface area contributed by atoms with E-state index in [0.717, 1.165) is 24.3 Å². The molecule has 0 aromatic heterocycles. The summed E-state index contributed by atoms with van der Waals surface area (Å²) in [5.74, 6) is -57.7. The van der Waals surface area contributed by atoms with Crippen molar-refractivity contribution in [3.8, 4) is 0 Å². The van der Waals surface area contributed by atoms with Gasteiger partial charge in [-0.3, -0.25) is 0 Å². The number of aryl methyl sites for hydroxylation is 1. The fraction of sp³-hybridized carbons (Fsp3) is 0.344. The van der Waals surface area contributed by atoms with Gasteiger partial charge in [0.25, 0.3) is 0 Å². The summed E-state index contributed by atoms with van der Waals surface area (Å²) < 4.78 is 236. The standard InChI is InChI=1S/C32H19F17O2/c33-25(34,26(35,36)27(37,38)28(39,40)29(41,42)30(43,44)31(45,46)32(47,48)49)16-15-17-9-11-20(12-10-17)24(50)51-23-21-7-3-1-5-18(21)13-14-19-6-2-4-8-22(19)23/h1-14,23H,15-16H2. The van der Waals surface area contributed by atoms with Crippen LogP contribution in [0.15, 0.2) is 72.8 Å². The van der Waals surface area contributed by atoms with Gasteiger partial charge in [0, 0.05) is 17.5 Å². The Kier molecular flexibility index (Phi) is 9.84.